The molecule has 4 rings (SSSR count). The minimum absolute atomic E-state index is 0.652. The predicted octanol–water partition coefficient (Wildman–Crippen LogP) is 4.90. The molecule has 1 N–H and O–H groups in total. The quantitative estimate of drug-likeness (QED) is 0.589. The van der Waals surface area contributed by atoms with Crippen LogP contribution in [0.1, 0.15) is 29.9 Å². The van der Waals surface area contributed by atoms with Gasteiger partial charge in [0.25, 0.3) is 0 Å². The van der Waals surface area contributed by atoms with Crippen LogP contribution in [0.5, 0.6) is 11.5 Å². The molecule has 2 aromatic carbocycles. The molecule has 2 heterocycles. The third kappa shape index (κ3) is 4.58. The van der Waals surface area contributed by atoms with E-state index in [1.807, 2.05) is 12.1 Å². The highest BCUT2D eigenvalue weighted by molar-refractivity contribution is 5.91. The summed E-state index contributed by atoms with van der Waals surface area (Å²) < 4.78 is 10.9. The number of fused-ring (bicyclic) bond motifs is 1. The molecule has 1 aromatic heterocycles. The topological polar surface area (TPSA) is 40.7 Å². The second-order valence-electron chi connectivity index (χ2n) is 8.92. The lowest BCUT2D eigenvalue weighted by Gasteiger charge is -2.32. The van der Waals surface area contributed by atoms with Crippen molar-refractivity contribution in [3.63, 3.8) is 0 Å². The van der Waals surface area contributed by atoms with Gasteiger partial charge in [0.15, 0.2) is 11.5 Å². The van der Waals surface area contributed by atoms with Gasteiger partial charge in [-0.05, 0) is 94.3 Å². The molecule has 0 unspecified atom stereocenters. The summed E-state index contributed by atoms with van der Waals surface area (Å²) in [5.41, 5.74) is 6.20. The molecule has 166 valence electrons. The van der Waals surface area contributed by atoms with Gasteiger partial charge in [-0.25, -0.2) is 0 Å². The fourth-order valence-electron chi connectivity index (χ4n) is 4.71. The maximum absolute atomic E-state index is 5.50. The minimum atomic E-state index is 0.652. The molecule has 0 atom stereocenters. The first-order chi connectivity index (χ1) is 15.0. The molecule has 0 bridgehead atoms. The van der Waals surface area contributed by atoms with Gasteiger partial charge in [0.05, 0.1) is 14.2 Å². The largest absolute Gasteiger partial charge is 0.493 e. The number of piperidine rings is 1. The molecule has 1 aliphatic heterocycles. The molecule has 3 aromatic rings. The maximum atomic E-state index is 5.50. The number of hydrogen-bond acceptors (Lipinski definition) is 4. The first-order valence-electron chi connectivity index (χ1n) is 11.2. The van der Waals surface area contributed by atoms with Crippen molar-refractivity contribution in [2.45, 2.75) is 25.7 Å². The maximum Gasteiger partial charge on any atom is 0.161 e. The van der Waals surface area contributed by atoms with E-state index >= 15 is 0 Å². The zero-order valence-electron chi connectivity index (χ0n) is 19.5. The summed E-state index contributed by atoms with van der Waals surface area (Å²) in [7, 11) is 7.65. The number of H-pyrrole nitrogens is 1. The molecular formula is C26H35N3O2. The number of nitrogens with zero attached hydrogens (tertiary/aromatic N) is 2. The van der Waals surface area contributed by atoms with Crippen molar-refractivity contribution >= 4 is 10.9 Å². The van der Waals surface area contributed by atoms with Crippen LogP contribution in [0.25, 0.3) is 22.2 Å². The smallest absolute Gasteiger partial charge is 0.161 e. The SMILES string of the molecule is COc1ccc(-c2[nH]c3ccc(C4CCN(CCN(C)C)CC4)cc3c2C)cc1OC. The summed E-state index contributed by atoms with van der Waals surface area (Å²) in [5, 5.41) is 1.32. The standard InChI is InChI=1S/C26H35N3O2/c1-18-22-16-20(19-10-12-29(13-11-19)15-14-28(2)3)6-8-23(22)27-26(18)21-7-9-24(30-4)25(17-21)31-5/h6-9,16-17,19,27H,10-15H2,1-5H3. The van der Waals surface area contributed by atoms with Crippen molar-refractivity contribution in [2.24, 2.45) is 0 Å². The zero-order valence-corrected chi connectivity index (χ0v) is 19.5. The normalized spacial score (nSPS) is 15.7. The number of likely N-dealkylation sites (N-methyl/N-ethyl adjacent to an activating group) is 1. The van der Waals surface area contributed by atoms with E-state index in [-0.39, 0.29) is 0 Å². The zero-order chi connectivity index (χ0) is 22.0. The average Bonchev–Trinajstić information content (AvgIpc) is 3.13. The van der Waals surface area contributed by atoms with Crippen molar-refractivity contribution in [3.8, 4) is 22.8 Å². The van der Waals surface area contributed by atoms with Gasteiger partial charge in [-0.2, -0.15) is 0 Å². The number of aryl methyl sites for hydroxylation is 1. The van der Waals surface area contributed by atoms with Crippen LogP contribution >= 0.6 is 0 Å². The molecule has 0 amide bonds. The minimum Gasteiger partial charge on any atom is -0.493 e. The Labute approximate surface area is 185 Å². The Hall–Kier alpha value is -2.50. The number of hydrogen-bond donors (Lipinski definition) is 1. The van der Waals surface area contributed by atoms with Crippen LogP contribution in [0.3, 0.4) is 0 Å². The highest BCUT2D eigenvalue weighted by atomic mass is 16.5. The fraction of sp³-hybridized carbons (Fsp3) is 0.462. The van der Waals surface area contributed by atoms with E-state index in [4.69, 9.17) is 9.47 Å². The number of nitrogens with one attached hydrogen (secondary N) is 1. The van der Waals surface area contributed by atoms with Gasteiger partial charge in [-0.3, -0.25) is 0 Å². The Morgan fingerprint density at radius 2 is 1.74 bits per heavy atom. The third-order valence-electron chi connectivity index (χ3n) is 6.68. The fourth-order valence-corrected chi connectivity index (χ4v) is 4.71. The van der Waals surface area contributed by atoms with Crippen LogP contribution in [-0.4, -0.2) is 69.3 Å². The Kier molecular flexibility index (Phi) is 6.54. The molecule has 5 nitrogen and oxygen atoms in total. The molecule has 5 heteroatoms. The summed E-state index contributed by atoms with van der Waals surface area (Å²) in [6.45, 7) is 6.90. The van der Waals surface area contributed by atoms with Crippen molar-refractivity contribution in [1.29, 1.82) is 0 Å². The summed E-state index contributed by atoms with van der Waals surface area (Å²) in [6, 6.07) is 13.1. The van der Waals surface area contributed by atoms with Gasteiger partial charge >= 0.3 is 0 Å². The van der Waals surface area contributed by atoms with Gasteiger partial charge < -0.3 is 24.3 Å². The monoisotopic (exact) mass is 421 g/mol. The molecule has 1 aliphatic rings. The molecule has 31 heavy (non-hydrogen) atoms. The van der Waals surface area contributed by atoms with Crippen molar-refractivity contribution < 1.29 is 9.47 Å². The van der Waals surface area contributed by atoms with Crippen LogP contribution in [0.2, 0.25) is 0 Å². The van der Waals surface area contributed by atoms with Crippen LogP contribution in [0.4, 0.5) is 0 Å². The first-order valence-corrected chi connectivity index (χ1v) is 11.2. The molecular weight excluding hydrogens is 386 g/mol. The van der Waals surface area contributed by atoms with Gasteiger partial charge in [-0.15, -0.1) is 0 Å². The van der Waals surface area contributed by atoms with E-state index in [0.717, 1.165) is 29.3 Å². The summed E-state index contributed by atoms with van der Waals surface area (Å²) in [4.78, 5) is 8.50. The summed E-state index contributed by atoms with van der Waals surface area (Å²) in [6.07, 6.45) is 2.48. The van der Waals surface area contributed by atoms with Crippen molar-refractivity contribution in [3.05, 3.63) is 47.5 Å². The predicted molar refractivity (Wildman–Crippen MR) is 129 cm³/mol. The van der Waals surface area contributed by atoms with Gasteiger partial charge in [0, 0.05) is 35.2 Å². The van der Waals surface area contributed by atoms with Crippen LogP contribution < -0.4 is 9.47 Å². The molecule has 0 saturated carbocycles. The lowest BCUT2D eigenvalue weighted by Crippen LogP contribution is -2.37. The highest BCUT2D eigenvalue weighted by Gasteiger charge is 2.21. The van der Waals surface area contributed by atoms with E-state index in [0.29, 0.717) is 5.92 Å². The molecule has 1 saturated heterocycles. The van der Waals surface area contributed by atoms with E-state index in [1.165, 1.54) is 54.5 Å². The second-order valence-corrected chi connectivity index (χ2v) is 8.92. The molecule has 1 fully saturated rings. The Bertz CT molecular complexity index is 1030. The van der Waals surface area contributed by atoms with Crippen LogP contribution in [-0.2, 0) is 0 Å². The summed E-state index contributed by atoms with van der Waals surface area (Å²) >= 11 is 0. The van der Waals surface area contributed by atoms with Crippen molar-refractivity contribution in [1.82, 2.24) is 14.8 Å². The van der Waals surface area contributed by atoms with E-state index in [1.54, 1.807) is 14.2 Å². The number of aromatic nitrogens is 1. The van der Waals surface area contributed by atoms with Crippen molar-refractivity contribution in [2.75, 3.05) is 54.5 Å². The Morgan fingerprint density at radius 3 is 2.42 bits per heavy atom. The third-order valence-corrected chi connectivity index (χ3v) is 6.68. The first kappa shape index (κ1) is 21.7. The summed E-state index contributed by atoms with van der Waals surface area (Å²) in [5.74, 6) is 2.15. The number of aromatic amines is 1. The van der Waals surface area contributed by atoms with Gasteiger partial charge in [0.2, 0.25) is 0 Å². The Balaban J connectivity index is 1.55. The Morgan fingerprint density at radius 1 is 1.00 bits per heavy atom. The van der Waals surface area contributed by atoms with Crippen LogP contribution in [0, 0.1) is 6.92 Å². The molecule has 0 spiro atoms. The lowest BCUT2D eigenvalue weighted by atomic mass is 9.88. The second kappa shape index (κ2) is 9.33. The lowest BCUT2D eigenvalue weighted by molar-refractivity contribution is 0.194. The average molecular weight is 422 g/mol. The number of methoxy groups -OCH3 is 2. The molecule has 0 radical (unpaired) electrons. The van der Waals surface area contributed by atoms with E-state index in [9.17, 15) is 0 Å². The molecule has 0 aliphatic carbocycles. The number of likely N-dealkylation sites (tertiary alicyclic amines) is 1. The number of ether oxygens (including phenoxy) is 2. The van der Waals surface area contributed by atoms with Gasteiger partial charge in [-0.1, -0.05) is 6.07 Å². The van der Waals surface area contributed by atoms with Crippen LogP contribution in [0.15, 0.2) is 36.4 Å². The van der Waals surface area contributed by atoms with E-state index in [2.05, 4.69) is 60.1 Å². The van der Waals surface area contributed by atoms with Gasteiger partial charge in [0.1, 0.15) is 0 Å². The number of benzene rings is 2. The number of rotatable bonds is 7. The van der Waals surface area contributed by atoms with E-state index < -0.39 is 0 Å². The highest BCUT2D eigenvalue weighted by Crippen LogP contribution is 2.37.